The van der Waals surface area contributed by atoms with Gasteiger partial charge in [-0.25, -0.2) is 4.68 Å². The van der Waals surface area contributed by atoms with E-state index in [1.807, 2.05) is 0 Å². The lowest BCUT2D eigenvalue weighted by Crippen LogP contribution is -2.33. The zero-order valence-electron chi connectivity index (χ0n) is 25.7. The first-order chi connectivity index (χ1) is 19.5. The van der Waals surface area contributed by atoms with Gasteiger partial charge in [-0.1, -0.05) is 52.2 Å². The van der Waals surface area contributed by atoms with Gasteiger partial charge in [-0.3, -0.25) is 19.2 Å². The number of ether oxygens (including phenoxy) is 1. The summed E-state index contributed by atoms with van der Waals surface area (Å²) in [5.41, 5.74) is 12.2. The fourth-order valence-electron chi connectivity index (χ4n) is 4.62. The van der Waals surface area contributed by atoms with Gasteiger partial charge >= 0.3 is 0 Å². The molecule has 0 saturated carbocycles. The average Bonchev–Trinajstić information content (AvgIpc) is 3.35. The number of aromatic nitrogens is 3. The van der Waals surface area contributed by atoms with E-state index in [9.17, 15) is 19.2 Å². The second kappa shape index (κ2) is 21.1. The Morgan fingerprint density at radius 1 is 0.951 bits per heavy atom. The van der Waals surface area contributed by atoms with Gasteiger partial charge in [0.1, 0.15) is 11.6 Å². The molecular weight excluding hydrogens is 524 g/mol. The predicted molar refractivity (Wildman–Crippen MR) is 159 cm³/mol. The van der Waals surface area contributed by atoms with Crippen LogP contribution in [0.5, 0.6) is 0 Å². The molecule has 5 N–H and O–H groups in total. The molecule has 0 aliphatic rings. The number of unbranched alkanes of at least 4 members (excludes halogenated alkanes) is 3. The van der Waals surface area contributed by atoms with E-state index in [0.717, 1.165) is 37.8 Å². The van der Waals surface area contributed by atoms with Crippen molar-refractivity contribution in [1.82, 2.24) is 20.3 Å². The number of nitrogens with one attached hydrogen (secondary N) is 1. The lowest BCUT2D eigenvalue weighted by molar-refractivity contribution is -0.134. The van der Waals surface area contributed by atoms with Gasteiger partial charge in [0.15, 0.2) is 0 Å². The summed E-state index contributed by atoms with van der Waals surface area (Å²) in [6.45, 7) is 9.71. The second-order valence-corrected chi connectivity index (χ2v) is 11.7. The standard InChI is InChI=1S/C30H54N6O5/c1-22(2)20-24(31)10-6-5-7-11-26(37)15-18-41-19-17-36-21-25(34-35-36)13-14-28(38)33-16-9-8-12-27(30(32)40)29(39)23(3)4/h21-24,27H,5-20,31H2,1-4H3,(H2,32,40)(H,33,38). The van der Waals surface area contributed by atoms with Crippen LogP contribution in [0.4, 0.5) is 0 Å². The topological polar surface area (TPSA) is 172 Å². The Morgan fingerprint density at radius 3 is 2.37 bits per heavy atom. The van der Waals surface area contributed by atoms with Crippen LogP contribution in [0.15, 0.2) is 6.20 Å². The summed E-state index contributed by atoms with van der Waals surface area (Å²) in [4.78, 5) is 47.8. The number of rotatable bonds is 25. The van der Waals surface area contributed by atoms with Gasteiger partial charge in [-0.15, -0.1) is 5.10 Å². The smallest absolute Gasteiger partial charge is 0.228 e. The Kier molecular flexibility index (Phi) is 18.7. The number of amides is 2. The van der Waals surface area contributed by atoms with Gasteiger partial charge in [0.05, 0.1) is 31.4 Å². The molecule has 0 fully saturated rings. The second-order valence-electron chi connectivity index (χ2n) is 11.7. The maximum atomic E-state index is 12.1. The number of hydrogen-bond donors (Lipinski definition) is 3. The SMILES string of the molecule is CC(C)CC(N)CCCCCC(=O)CCOCCn1cc(CCC(=O)NCCCCC(C(N)=O)C(=O)C(C)C)nn1. The molecule has 1 aromatic rings. The van der Waals surface area contributed by atoms with Gasteiger partial charge < -0.3 is 21.5 Å². The van der Waals surface area contributed by atoms with Crippen LogP contribution in [0.2, 0.25) is 0 Å². The summed E-state index contributed by atoms with van der Waals surface area (Å²) in [6.07, 6.45) is 10.4. The molecule has 0 saturated heterocycles. The zero-order chi connectivity index (χ0) is 30.6. The molecule has 2 unspecified atom stereocenters. The predicted octanol–water partition coefficient (Wildman–Crippen LogP) is 3.12. The van der Waals surface area contributed by atoms with Crippen LogP contribution in [-0.4, -0.2) is 64.2 Å². The molecule has 0 aliphatic carbocycles. The van der Waals surface area contributed by atoms with Gasteiger partial charge in [0, 0.05) is 50.4 Å². The van der Waals surface area contributed by atoms with Crippen LogP contribution < -0.4 is 16.8 Å². The van der Waals surface area contributed by atoms with Crippen molar-refractivity contribution in [3.63, 3.8) is 0 Å². The molecule has 0 aromatic carbocycles. The highest BCUT2D eigenvalue weighted by molar-refractivity contribution is 6.01. The van der Waals surface area contributed by atoms with Crippen molar-refractivity contribution in [1.29, 1.82) is 0 Å². The Hall–Kier alpha value is -2.66. The van der Waals surface area contributed by atoms with Crippen molar-refractivity contribution < 1.29 is 23.9 Å². The van der Waals surface area contributed by atoms with E-state index in [2.05, 4.69) is 29.5 Å². The van der Waals surface area contributed by atoms with Crippen molar-refractivity contribution in [3.05, 3.63) is 11.9 Å². The minimum absolute atomic E-state index is 0.0908. The minimum Gasteiger partial charge on any atom is -0.379 e. The van der Waals surface area contributed by atoms with Crippen molar-refractivity contribution in [2.45, 2.75) is 117 Å². The minimum atomic E-state index is -0.758. The Bertz CT molecular complexity index is 917. The van der Waals surface area contributed by atoms with Crippen molar-refractivity contribution >= 4 is 23.4 Å². The number of ketones is 2. The van der Waals surface area contributed by atoms with Crippen LogP contribution in [0.1, 0.15) is 104 Å². The number of hydrogen-bond acceptors (Lipinski definition) is 8. The van der Waals surface area contributed by atoms with Crippen molar-refractivity contribution in [2.24, 2.45) is 29.2 Å². The summed E-state index contributed by atoms with van der Waals surface area (Å²) in [6, 6.07) is 0.265. The van der Waals surface area contributed by atoms with Gasteiger partial charge in [0.25, 0.3) is 0 Å². The summed E-state index contributed by atoms with van der Waals surface area (Å²) in [7, 11) is 0. The monoisotopic (exact) mass is 578 g/mol. The molecule has 2 atom stereocenters. The summed E-state index contributed by atoms with van der Waals surface area (Å²) >= 11 is 0. The highest BCUT2D eigenvalue weighted by Crippen LogP contribution is 2.14. The molecule has 0 bridgehead atoms. The molecule has 41 heavy (non-hydrogen) atoms. The maximum absolute atomic E-state index is 12.1. The molecule has 1 aromatic heterocycles. The number of aryl methyl sites for hydroxylation is 1. The maximum Gasteiger partial charge on any atom is 0.228 e. The Labute approximate surface area is 245 Å². The van der Waals surface area contributed by atoms with Crippen LogP contribution in [0.3, 0.4) is 0 Å². The number of primary amides is 1. The van der Waals surface area contributed by atoms with E-state index < -0.39 is 11.8 Å². The average molecular weight is 579 g/mol. The number of Topliss-reactive ketones (excluding diaryl/α,β-unsaturated/α-hetero) is 2. The normalized spacial score (nSPS) is 13.0. The van der Waals surface area contributed by atoms with E-state index in [1.165, 1.54) is 0 Å². The van der Waals surface area contributed by atoms with E-state index in [1.54, 1.807) is 24.7 Å². The third-order valence-electron chi connectivity index (χ3n) is 6.99. The summed E-state index contributed by atoms with van der Waals surface area (Å²) in [5, 5.41) is 11.0. The van der Waals surface area contributed by atoms with Crippen LogP contribution >= 0.6 is 0 Å². The first kappa shape index (κ1) is 36.4. The highest BCUT2D eigenvalue weighted by Gasteiger charge is 2.25. The number of carbonyl (C=O) groups is 4. The van der Waals surface area contributed by atoms with E-state index in [4.69, 9.17) is 16.2 Å². The highest BCUT2D eigenvalue weighted by atomic mass is 16.5. The van der Waals surface area contributed by atoms with Gasteiger partial charge in [-0.05, 0) is 38.0 Å². The van der Waals surface area contributed by atoms with E-state index in [0.29, 0.717) is 70.7 Å². The summed E-state index contributed by atoms with van der Waals surface area (Å²) < 4.78 is 7.27. The fourth-order valence-corrected chi connectivity index (χ4v) is 4.62. The Balaban J connectivity index is 2.09. The van der Waals surface area contributed by atoms with Gasteiger partial charge in [0.2, 0.25) is 11.8 Å². The number of nitrogens with two attached hydrogens (primary N) is 2. The van der Waals surface area contributed by atoms with E-state index in [-0.39, 0.29) is 35.9 Å². The molecule has 11 heteroatoms. The van der Waals surface area contributed by atoms with E-state index >= 15 is 0 Å². The fraction of sp³-hybridized carbons (Fsp3) is 0.800. The lowest BCUT2D eigenvalue weighted by atomic mass is 9.90. The Morgan fingerprint density at radius 2 is 1.68 bits per heavy atom. The number of nitrogens with zero attached hydrogens (tertiary/aromatic N) is 3. The largest absolute Gasteiger partial charge is 0.379 e. The molecule has 0 radical (unpaired) electrons. The summed E-state index contributed by atoms with van der Waals surface area (Å²) in [5.74, 6) is -0.944. The molecule has 1 heterocycles. The first-order valence-corrected chi connectivity index (χ1v) is 15.3. The zero-order valence-corrected chi connectivity index (χ0v) is 25.7. The number of carbonyl (C=O) groups excluding carboxylic acids is 4. The van der Waals surface area contributed by atoms with Crippen LogP contribution in [-0.2, 0) is 36.9 Å². The van der Waals surface area contributed by atoms with Crippen molar-refractivity contribution in [3.8, 4) is 0 Å². The molecule has 2 amide bonds. The quantitative estimate of drug-likeness (QED) is 0.117. The third kappa shape index (κ3) is 17.7. The molecule has 1 rings (SSSR count). The van der Waals surface area contributed by atoms with Gasteiger partial charge in [-0.2, -0.15) is 0 Å². The van der Waals surface area contributed by atoms with Crippen LogP contribution in [0.25, 0.3) is 0 Å². The van der Waals surface area contributed by atoms with Crippen molar-refractivity contribution in [2.75, 3.05) is 19.8 Å². The lowest BCUT2D eigenvalue weighted by Gasteiger charge is -2.14. The molecule has 0 aliphatic heterocycles. The molecule has 0 spiro atoms. The molecule has 11 nitrogen and oxygen atoms in total. The van der Waals surface area contributed by atoms with Crippen LogP contribution in [0, 0.1) is 17.8 Å². The molecule has 234 valence electrons. The molecular formula is C30H54N6O5. The first-order valence-electron chi connectivity index (χ1n) is 15.3. The third-order valence-corrected chi connectivity index (χ3v) is 6.99.